The Morgan fingerprint density at radius 2 is 1.90 bits per heavy atom. The minimum Gasteiger partial charge on any atom is -0.359 e. The van der Waals surface area contributed by atoms with E-state index in [9.17, 15) is 8.42 Å². The molecule has 0 saturated carbocycles. The van der Waals surface area contributed by atoms with Crippen molar-refractivity contribution in [1.82, 2.24) is 4.98 Å². The van der Waals surface area contributed by atoms with Gasteiger partial charge in [0.1, 0.15) is 19.0 Å². The molecule has 0 aliphatic carbocycles. The van der Waals surface area contributed by atoms with Crippen molar-refractivity contribution in [3.63, 3.8) is 0 Å². The van der Waals surface area contributed by atoms with E-state index in [0.717, 1.165) is 0 Å². The van der Waals surface area contributed by atoms with Crippen LogP contribution < -0.4 is 5.14 Å². The number of methoxy groups -OCH3 is 1. The molecule has 7 nitrogen and oxygen atoms in total. The average molecular weight is 345 g/mol. The number of ether oxygens (including phenoxy) is 2. The molecule has 0 bridgehead atoms. The van der Waals surface area contributed by atoms with Gasteiger partial charge in [-0.3, -0.25) is 9.17 Å². The lowest BCUT2D eigenvalue weighted by molar-refractivity contribution is -0.104. The van der Waals surface area contributed by atoms with Gasteiger partial charge in [-0.05, 0) is 6.92 Å². The van der Waals surface area contributed by atoms with Crippen LogP contribution in [-0.4, -0.2) is 33.4 Å². The molecule has 2 N–H and O–H groups in total. The molecular weight excluding hydrogens is 331 g/mol. The Hall–Kier alpha value is -0.480. The highest BCUT2D eigenvalue weighted by molar-refractivity contribution is 7.84. The summed E-state index contributed by atoms with van der Waals surface area (Å²) in [6, 6.07) is 0. The highest BCUT2D eigenvalue weighted by Gasteiger charge is 2.28. The molecule has 0 fully saturated rings. The Bertz CT molecular complexity index is 534. The van der Waals surface area contributed by atoms with E-state index in [4.69, 9.17) is 42.0 Å². The predicted octanol–water partition coefficient (Wildman–Crippen LogP) is 1.66. The van der Waals surface area contributed by atoms with Crippen molar-refractivity contribution < 1.29 is 22.1 Å². The summed E-state index contributed by atoms with van der Waals surface area (Å²) in [6.45, 7) is 1.34. The summed E-state index contributed by atoms with van der Waals surface area (Å²) in [4.78, 5) is 3.81. The molecule has 1 rings (SSSR count). The van der Waals surface area contributed by atoms with Crippen molar-refractivity contribution in [2.24, 2.45) is 5.14 Å². The molecule has 0 radical (unpaired) electrons. The fourth-order valence-electron chi connectivity index (χ4n) is 1.55. The zero-order valence-corrected chi connectivity index (χ0v) is 13.1. The number of nitrogens with zero attached hydrogens (tertiary/aromatic N) is 1. The van der Waals surface area contributed by atoms with E-state index in [1.165, 1.54) is 26.4 Å². The van der Waals surface area contributed by atoms with Crippen molar-refractivity contribution in [2.75, 3.05) is 13.9 Å². The van der Waals surface area contributed by atoms with Crippen LogP contribution in [0.2, 0.25) is 10.0 Å². The van der Waals surface area contributed by atoms with Gasteiger partial charge < -0.3 is 9.47 Å². The first kappa shape index (κ1) is 17.6. The number of nitrogens with two attached hydrogens (primary N) is 1. The van der Waals surface area contributed by atoms with Crippen LogP contribution in [0.15, 0.2) is 12.4 Å². The third kappa shape index (κ3) is 5.13. The summed E-state index contributed by atoms with van der Waals surface area (Å²) in [6.07, 6.45) is 0.861. The lowest BCUT2D eigenvalue weighted by Gasteiger charge is -2.24. The second-order valence-corrected chi connectivity index (χ2v) is 5.80. The van der Waals surface area contributed by atoms with Gasteiger partial charge in [-0.25, -0.2) is 5.14 Å². The van der Waals surface area contributed by atoms with Gasteiger partial charge in [0.15, 0.2) is 0 Å². The van der Waals surface area contributed by atoms with Crippen LogP contribution in [0.25, 0.3) is 0 Å². The summed E-state index contributed by atoms with van der Waals surface area (Å²) in [5.41, 5.74) is 0.344. The Kier molecular flexibility index (Phi) is 6.59. The van der Waals surface area contributed by atoms with Crippen LogP contribution in [0.4, 0.5) is 0 Å². The summed E-state index contributed by atoms with van der Waals surface area (Å²) < 4.78 is 36.9. The van der Waals surface area contributed by atoms with Gasteiger partial charge >= 0.3 is 10.3 Å². The van der Waals surface area contributed by atoms with Crippen molar-refractivity contribution in [2.45, 2.75) is 19.1 Å². The average Bonchev–Trinajstić information content (AvgIpc) is 2.30. The van der Waals surface area contributed by atoms with Gasteiger partial charge in [-0.15, -0.1) is 0 Å². The number of aromatic nitrogens is 1. The molecule has 0 aromatic carbocycles. The summed E-state index contributed by atoms with van der Waals surface area (Å²) in [5, 5.41) is 5.26. The molecule has 1 aromatic rings. The molecule has 0 aliphatic rings. The van der Waals surface area contributed by atoms with Crippen LogP contribution in [0.3, 0.4) is 0 Å². The van der Waals surface area contributed by atoms with E-state index in [2.05, 4.69) is 4.98 Å². The van der Waals surface area contributed by atoms with Crippen LogP contribution in [0.1, 0.15) is 18.6 Å². The zero-order valence-electron chi connectivity index (χ0n) is 10.7. The molecule has 0 aliphatic heterocycles. The summed E-state index contributed by atoms with van der Waals surface area (Å²) in [7, 11) is -2.74. The second kappa shape index (κ2) is 7.51. The Labute approximate surface area is 127 Å². The molecule has 20 heavy (non-hydrogen) atoms. The minimum atomic E-state index is -4.15. The Balaban J connectivity index is 3.11. The van der Waals surface area contributed by atoms with E-state index in [-0.39, 0.29) is 16.8 Å². The number of hydrogen-bond donors (Lipinski definition) is 1. The van der Waals surface area contributed by atoms with E-state index >= 15 is 0 Å². The molecule has 2 atom stereocenters. The number of halogens is 2. The molecule has 0 spiro atoms. The van der Waals surface area contributed by atoms with Crippen LogP contribution in [-0.2, 0) is 24.0 Å². The van der Waals surface area contributed by atoms with E-state index in [1.54, 1.807) is 0 Å². The Morgan fingerprint density at radius 1 is 1.35 bits per heavy atom. The topological polar surface area (TPSA) is 101 Å². The SMILES string of the molecule is COCO[C@H](c1c(Cl)cncc1Cl)[C@@H](C)OS(N)(=O)=O. The first-order valence-electron chi connectivity index (χ1n) is 5.36. The fraction of sp³-hybridized carbons (Fsp3) is 0.500. The highest BCUT2D eigenvalue weighted by atomic mass is 35.5. The first-order valence-corrected chi connectivity index (χ1v) is 7.59. The molecule has 10 heteroatoms. The van der Waals surface area contributed by atoms with Crippen molar-refractivity contribution in [1.29, 1.82) is 0 Å². The van der Waals surface area contributed by atoms with Crippen LogP contribution >= 0.6 is 23.2 Å². The number of rotatable bonds is 7. The normalized spacial score (nSPS) is 15.1. The van der Waals surface area contributed by atoms with Crippen LogP contribution in [0, 0.1) is 0 Å². The third-order valence-electron chi connectivity index (χ3n) is 2.25. The highest BCUT2D eigenvalue weighted by Crippen LogP contribution is 2.34. The monoisotopic (exact) mass is 344 g/mol. The zero-order chi connectivity index (χ0) is 15.3. The lowest BCUT2D eigenvalue weighted by Crippen LogP contribution is -2.29. The van der Waals surface area contributed by atoms with Gasteiger partial charge in [0.25, 0.3) is 0 Å². The number of hydrogen-bond acceptors (Lipinski definition) is 6. The van der Waals surface area contributed by atoms with Crippen molar-refractivity contribution >= 4 is 33.5 Å². The maximum absolute atomic E-state index is 11.0. The van der Waals surface area contributed by atoms with Gasteiger partial charge in [-0.1, -0.05) is 23.2 Å². The molecule has 1 heterocycles. The molecule has 0 amide bonds. The lowest BCUT2D eigenvalue weighted by atomic mass is 10.1. The van der Waals surface area contributed by atoms with E-state index in [1.807, 2.05) is 0 Å². The van der Waals surface area contributed by atoms with Gasteiger partial charge in [0.2, 0.25) is 0 Å². The minimum absolute atomic E-state index is 0.113. The second-order valence-electron chi connectivity index (χ2n) is 3.80. The smallest absolute Gasteiger partial charge is 0.333 e. The molecule has 0 unspecified atom stereocenters. The maximum atomic E-state index is 11.0. The largest absolute Gasteiger partial charge is 0.359 e. The summed E-state index contributed by atoms with van der Waals surface area (Å²) in [5.74, 6) is 0. The van der Waals surface area contributed by atoms with E-state index < -0.39 is 22.5 Å². The van der Waals surface area contributed by atoms with E-state index in [0.29, 0.717) is 5.56 Å². The predicted molar refractivity (Wildman–Crippen MR) is 73.6 cm³/mol. The standard InChI is InChI=1S/C10H14Cl2N2O5S/c1-6(19-20(13,15)16)10(18-5-17-2)9-7(11)3-14-4-8(9)12/h3-4,6,10H,5H2,1-2H3,(H2,13,15,16)/t6-,10+/m1/s1. The van der Waals surface area contributed by atoms with Gasteiger partial charge in [0, 0.05) is 25.1 Å². The molecular formula is C10H14Cl2N2O5S. The quantitative estimate of drug-likeness (QED) is 0.754. The molecule has 1 aromatic heterocycles. The van der Waals surface area contributed by atoms with Crippen LogP contribution in [0.5, 0.6) is 0 Å². The van der Waals surface area contributed by atoms with Crippen molar-refractivity contribution in [3.8, 4) is 0 Å². The van der Waals surface area contributed by atoms with Gasteiger partial charge in [-0.2, -0.15) is 8.42 Å². The molecule has 114 valence electrons. The third-order valence-corrected chi connectivity index (χ3v) is 3.43. The first-order chi connectivity index (χ1) is 9.26. The Morgan fingerprint density at radius 3 is 2.35 bits per heavy atom. The summed E-state index contributed by atoms with van der Waals surface area (Å²) >= 11 is 12.0. The molecule has 0 saturated heterocycles. The van der Waals surface area contributed by atoms with Crippen molar-refractivity contribution in [3.05, 3.63) is 28.0 Å². The maximum Gasteiger partial charge on any atom is 0.333 e. The fourth-order valence-corrected chi connectivity index (χ4v) is 2.65. The van der Waals surface area contributed by atoms with Gasteiger partial charge in [0.05, 0.1) is 10.0 Å². The number of pyridine rings is 1.